The predicted molar refractivity (Wildman–Crippen MR) is 43.0 cm³/mol. The number of aldehydes is 1. The van der Waals surface area contributed by atoms with Crippen molar-refractivity contribution in [1.82, 2.24) is 4.98 Å². The Morgan fingerprint density at radius 3 is 2.17 bits per heavy atom. The van der Waals surface area contributed by atoms with Crippen LogP contribution in [0, 0.1) is 0 Å². The summed E-state index contributed by atoms with van der Waals surface area (Å²) in [6, 6.07) is -0.0716. The number of hydrogen-bond acceptors (Lipinski definition) is 4. The van der Waals surface area contributed by atoms with Gasteiger partial charge in [-0.25, -0.2) is 4.98 Å². The zero-order valence-corrected chi connectivity index (χ0v) is 8.13. The molecule has 0 aromatic carbocycles. The van der Waals surface area contributed by atoms with Crippen molar-refractivity contribution in [2.24, 2.45) is 0 Å². The second-order valence-corrected chi connectivity index (χ2v) is 2.91. The van der Waals surface area contributed by atoms with E-state index in [1.165, 1.54) is 0 Å². The second kappa shape index (κ2) is 4.35. The van der Waals surface area contributed by atoms with Gasteiger partial charge in [-0.2, -0.15) is 13.2 Å². The third kappa shape index (κ3) is 3.25. The first-order chi connectivity index (χ1) is 8.04. The smallest absolute Gasteiger partial charge is 0.506 e. The summed E-state index contributed by atoms with van der Waals surface area (Å²) >= 11 is 0. The molecule has 0 amide bonds. The maximum atomic E-state index is 12.4. The maximum Gasteiger partial charge on any atom is 0.574 e. The summed E-state index contributed by atoms with van der Waals surface area (Å²) in [4.78, 5) is 12.9. The number of rotatable bonds is 2. The molecular weight excluding hydrogens is 272 g/mol. The Morgan fingerprint density at radius 2 is 1.78 bits per heavy atom. The Morgan fingerprint density at radius 1 is 1.22 bits per heavy atom. The summed E-state index contributed by atoms with van der Waals surface area (Å²) in [7, 11) is 0. The lowest BCUT2D eigenvalue weighted by molar-refractivity contribution is -0.277. The first-order valence-electron chi connectivity index (χ1n) is 4.06. The van der Waals surface area contributed by atoms with E-state index in [0.717, 1.165) is 0 Å². The molecule has 10 heteroatoms. The molecule has 4 nitrogen and oxygen atoms in total. The van der Waals surface area contributed by atoms with Crippen LogP contribution in [0.3, 0.4) is 0 Å². The average Bonchev–Trinajstić information content (AvgIpc) is 2.16. The number of pyridine rings is 1. The third-order valence-corrected chi connectivity index (χ3v) is 1.63. The van der Waals surface area contributed by atoms with E-state index in [0.29, 0.717) is 0 Å². The van der Waals surface area contributed by atoms with Crippen molar-refractivity contribution in [3.63, 3.8) is 0 Å². The molecule has 0 radical (unpaired) electrons. The van der Waals surface area contributed by atoms with Crippen LogP contribution in [0.1, 0.15) is 16.1 Å². The van der Waals surface area contributed by atoms with Crippen LogP contribution >= 0.6 is 0 Å². The fraction of sp³-hybridized carbons (Fsp3) is 0.250. The summed E-state index contributed by atoms with van der Waals surface area (Å²) in [5.74, 6) is -3.05. The lowest BCUT2D eigenvalue weighted by atomic mass is 10.2. The highest BCUT2D eigenvalue weighted by atomic mass is 19.4. The molecule has 1 heterocycles. The highest BCUT2D eigenvalue weighted by molar-refractivity contribution is 5.76. The lowest BCUT2D eigenvalue weighted by Gasteiger charge is -2.14. The zero-order valence-electron chi connectivity index (χ0n) is 8.13. The molecule has 0 saturated carbocycles. The van der Waals surface area contributed by atoms with E-state index >= 15 is 0 Å². The van der Waals surface area contributed by atoms with Gasteiger partial charge in [-0.05, 0) is 6.07 Å². The first kappa shape index (κ1) is 14.1. The molecule has 18 heavy (non-hydrogen) atoms. The van der Waals surface area contributed by atoms with Gasteiger partial charge in [0.15, 0.2) is 6.29 Å². The Hall–Kier alpha value is -2.00. The van der Waals surface area contributed by atoms with E-state index in [1.54, 1.807) is 0 Å². The summed E-state index contributed by atoms with van der Waals surface area (Å²) in [6.07, 6.45) is -10.9. The monoisotopic (exact) mass is 275 g/mol. The molecule has 1 aromatic rings. The molecule has 0 aliphatic heterocycles. The number of aromatic hydroxyl groups is 1. The molecule has 0 aliphatic carbocycles. The van der Waals surface area contributed by atoms with E-state index in [4.69, 9.17) is 5.11 Å². The minimum atomic E-state index is -5.41. The SMILES string of the molecule is O=Cc1nc(OC(F)(F)F)c(C(F)(F)F)cc1O. The zero-order chi connectivity index (χ0) is 14.1. The largest absolute Gasteiger partial charge is 0.574 e. The molecule has 0 saturated heterocycles. The van der Waals surface area contributed by atoms with Crippen LogP contribution in [0.15, 0.2) is 6.07 Å². The standard InChI is InChI=1S/C8H3F6NO3/c9-7(10,11)3-1-5(17)4(2-16)15-6(3)18-8(12,13)14/h1-2,17H. The van der Waals surface area contributed by atoms with Gasteiger partial charge in [0.05, 0.1) is 0 Å². The third-order valence-electron chi connectivity index (χ3n) is 1.63. The minimum absolute atomic E-state index is 0.0716. The number of nitrogens with zero attached hydrogens (tertiary/aromatic N) is 1. The molecular formula is C8H3F6NO3. The van der Waals surface area contributed by atoms with Crippen molar-refractivity contribution in [3.8, 4) is 11.6 Å². The highest BCUT2D eigenvalue weighted by Gasteiger charge is 2.41. The Bertz CT molecular complexity index is 467. The van der Waals surface area contributed by atoms with Gasteiger partial charge >= 0.3 is 12.5 Å². The molecule has 1 N–H and O–H groups in total. The molecule has 0 atom stereocenters. The lowest BCUT2D eigenvalue weighted by Crippen LogP contribution is -2.21. The molecule has 1 rings (SSSR count). The fourth-order valence-electron chi connectivity index (χ4n) is 0.977. The quantitative estimate of drug-likeness (QED) is 0.665. The summed E-state index contributed by atoms with van der Waals surface area (Å²) < 4.78 is 75.7. The van der Waals surface area contributed by atoms with Crippen molar-refractivity contribution in [2.75, 3.05) is 0 Å². The van der Waals surface area contributed by atoms with Crippen molar-refractivity contribution in [3.05, 3.63) is 17.3 Å². The van der Waals surface area contributed by atoms with Gasteiger partial charge in [-0.1, -0.05) is 0 Å². The Labute approximate surface area is 94.8 Å². The van der Waals surface area contributed by atoms with E-state index in [1.807, 2.05) is 0 Å². The molecule has 0 unspecified atom stereocenters. The number of alkyl halides is 6. The molecule has 0 aliphatic rings. The van der Waals surface area contributed by atoms with Gasteiger partial charge in [0, 0.05) is 0 Å². The number of aromatic nitrogens is 1. The van der Waals surface area contributed by atoms with Crippen LogP contribution in [0.25, 0.3) is 0 Å². The number of hydrogen-bond donors (Lipinski definition) is 1. The Balaban J connectivity index is 3.40. The van der Waals surface area contributed by atoms with Crippen molar-refractivity contribution in [2.45, 2.75) is 12.5 Å². The predicted octanol–water partition coefficient (Wildman–Crippen LogP) is 2.52. The highest BCUT2D eigenvalue weighted by Crippen LogP contribution is 2.39. The van der Waals surface area contributed by atoms with Crippen LogP contribution < -0.4 is 4.74 Å². The van der Waals surface area contributed by atoms with Crippen LogP contribution in [-0.2, 0) is 6.18 Å². The average molecular weight is 275 g/mol. The van der Waals surface area contributed by atoms with Gasteiger partial charge in [-0.15, -0.1) is 13.2 Å². The van der Waals surface area contributed by atoms with Gasteiger partial charge in [0.2, 0.25) is 5.88 Å². The summed E-state index contributed by atoms with van der Waals surface area (Å²) in [6.45, 7) is 0. The van der Waals surface area contributed by atoms with Crippen LogP contribution in [0.4, 0.5) is 26.3 Å². The number of halogens is 6. The van der Waals surface area contributed by atoms with Crippen LogP contribution in [0.2, 0.25) is 0 Å². The summed E-state index contributed by atoms with van der Waals surface area (Å²) in [5.41, 5.74) is -2.94. The minimum Gasteiger partial charge on any atom is -0.506 e. The maximum absolute atomic E-state index is 12.4. The van der Waals surface area contributed by atoms with Gasteiger partial charge in [-0.3, -0.25) is 4.79 Å². The normalized spacial score (nSPS) is 12.3. The van der Waals surface area contributed by atoms with E-state index in [-0.39, 0.29) is 12.4 Å². The van der Waals surface area contributed by atoms with Gasteiger partial charge in [0.1, 0.15) is 17.0 Å². The van der Waals surface area contributed by atoms with E-state index in [9.17, 15) is 31.1 Å². The van der Waals surface area contributed by atoms with Crippen LogP contribution in [-0.4, -0.2) is 22.7 Å². The number of carbonyl (C=O) groups excluding carboxylic acids is 1. The van der Waals surface area contributed by atoms with E-state index < -0.39 is 35.4 Å². The number of carbonyl (C=O) groups is 1. The molecule has 100 valence electrons. The van der Waals surface area contributed by atoms with Gasteiger partial charge in [0.25, 0.3) is 0 Å². The van der Waals surface area contributed by atoms with Crippen molar-refractivity contribution in [1.29, 1.82) is 0 Å². The van der Waals surface area contributed by atoms with Crippen molar-refractivity contribution >= 4 is 6.29 Å². The van der Waals surface area contributed by atoms with Crippen molar-refractivity contribution < 1.29 is 41.0 Å². The fourth-order valence-corrected chi connectivity index (χ4v) is 0.977. The molecule has 0 bridgehead atoms. The first-order valence-corrected chi connectivity index (χ1v) is 4.06. The molecule has 1 aromatic heterocycles. The molecule has 0 fully saturated rings. The summed E-state index contributed by atoms with van der Waals surface area (Å²) in [5, 5.41) is 8.95. The van der Waals surface area contributed by atoms with E-state index in [2.05, 4.69) is 9.72 Å². The number of ether oxygens (including phenoxy) is 1. The topological polar surface area (TPSA) is 59.4 Å². The Kier molecular flexibility index (Phi) is 3.40. The van der Waals surface area contributed by atoms with Gasteiger partial charge < -0.3 is 9.84 Å². The second-order valence-electron chi connectivity index (χ2n) is 2.91. The molecule has 0 spiro atoms. The van der Waals surface area contributed by atoms with Crippen LogP contribution in [0.5, 0.6) is 11.6 Å².